The van der Waals surface area contributed by atoms with E-state index in [1.54, 1.807) is 19.1 Å². The zero-order chi connectivity index (χ0) is 12.8. The van der Waals surface area contributed by atoms with E-state index in [9.17, 15) is 9.59 Å². The van der Waals surface area contributed by atoms with Gasteiger partial charge in [0.2, 0.25) is 0 Å². The van der Waals surface area contributed by atoms with Crippen LogP contribution in [0.3, 0.4) is 0 Å². The maximum Gasteiger partial charge on any atom is 0.306 e. The molecule has 1 aromatic rings. The third-order valence-corrected chi connectivity index (χ3v) is 2.33. The summed E-state index contributed by atoms with van der Waals surface area (Å²) < 4.78 is 5.21. The lowest BCUT2D eigenvalue weighted by Crippen LogP contribution is -2.12. The molecule has 1 rings (SSSR count). The van der Waals surface area contributed by atoms with Crippen molar-refractivity contribution in [3.8, 4) is 5.75 Å². The Kier molecular flexibility index (Phi) is 4.69. The van der Waals surface area contributed by atoms with Crippen molar-refractivity contribution in [2.75, 3.05) is 6.61 Å². The summed E-state index contributed by atoms with van der Waals surface area (Å²) in [6.45, 7) is 3.19. The Morgan fingerprint density at radius 3 is 2.35 bits per heavy atom. The highest BCUT2D eigenvalue weighted by Crippen LogP contribution is 2.15. The van der Waals surface area contributed by atoms with Crippen LogP contribution in [-0.4, -0.2) is 23.5 Å². The van der Waals surface area contributed by atoms with E-state index in [0.717, 1.165) is 5.56 Å². The van der Waals surface area contributed by atoms with Gasteiger partial charge in [-0.15, -0.1) is 0 Å². The Labute approximate surface area is 100 Å². The van der Waals surface area contributed by atoms with Crippen molar-refractivity contribution in [3.63, 3.8) is 0 Å². The summed E-state index contributed by atoms with van der Waals surface area (Å²) in [7, 11) is 0. The number of aliphatic carboxylic acids is 1. The maximum absolute atomic E-state index is 10.7. The Bertz CT molecular complexity index is 394. The lowest BCUT2D eigenvalue weighted by atomic mass is 10.0. The van der Waals surface area contributed by atoms with Gasteiger partial charge >= 0.3 is 5.97 Å². The van der Waals surface area contributed by atoms with Crippen LogP contribution in [-0.2, 0) is 16.0 Å². The van der Waals surface area contributed by atoms with E-state index in [4.69, 9.17) is 9.84 Å². The first-order valence-corrected chi connectivity index (χ1v) is 5.43. The van der Waals surface area contributed by atoms with Crippen LogP contribution in [0.4, 0.5) is 0 Å². The second-order valence-corrected chi connectivity index (χ2v) is 4.08. The van der Waals surface area contributed by atoms with Gasteiger partial charge in [-0.25, -0.2) is 0 Å². The molecule has 17 heavy (non-hydrogen) atoms. The normalized spacial score (nSPS) is 11.9. The van der Waals surface area contributed by atoms with Gasteiger partial charge in [0, 0.05) is 0 Å². The van der Waals surface area contributed by atoms with Gasteiger partial charge < -0.3 is 9.84 Å². The Morgan fingerprint density at radius 1 is 1.29 bits per heavy atom. The molecule has 92 valence electrons. The van der Waals surface area contributed by atoms with Crippen LogP contribution in [0.1, 0.15) is 19.4 Å². The summed E-state index contributed by atoms with van der Waals surface area (Å²) in [6, 6.07) is 7.11. The van der Waals surface area contributed by atoms with Crippen LogP contribution in [0.25, 0.3) is 0 Å². The fraction of sp³-hybridized carbons (Fsp3) is 0.385. The van der Waals surface area contributed by atoms with Crippen molar-refractivity contribution in [3.05, 3.63) is 29.8 Å². The molecule has 1 aromatic carbocycles. The number of carbonyl (C=O) groups excluding carboxylic acids is 1. The fourth-order valence-electron chi connectivity index (χ4n) is 1.35. The summed E-state index contributed by atoms with van der Waals surface area (Å²) >= 11 is 0. The largest absolute Gasteiger partial charge is 0.486 e. The van der Waals surface area contributed by atoms with Crippen molar-refractivity contribution in [2.24, 2.45) is 5.92 Å². The van der Waals surface area contributed by atoms with Crippen molar-refractivity contribution < 1.29 is 19.4 Å². The number of benzene rings is 1. The highest BCUT2D eigenvalue weighted by Gasteiger charge is 2.11. The van der Waals surface area contributed by atoms with Gasteiger partial charge in [-0.2, -0.15) is 0 Å². The molecule has 0 radical (unpaired) electrons. The van der Waals surface area contributed by atoms with Crippen molar-refractivity contribution >= 4 is 11.8 Å². The van der Waals surface area contributed by atoms with E-state index < -0.39 is 11.9 Å². The van der Waals surface area contributed by atoms with E-state index in [0.29, 0.717) is 12.2 Å². The number of carbonyl (C=O) groups is 2. The average molecular weight is 236 g/mol. The number of ether oxygens (including phenoxy) is 1. The van der Waals surface area contributed by atoms with Crippen LogP contribution in [0.15, 0.2) is 24.3 Å². The van der Waals surface area contributed by atoms with Crippen molar-refractivity contribution in [2.45, 2.75) is 20.3 Å². The van der Waals surface area contributed by atoms with Gasteiger partial charge in [-0.3, -0.25) is 9.59 Å². The number of carboxylic acid groups (broad SMARTS) is 1. The van der Waals surface area contributed by atoms with Gasteiger partial charge in [-0.1, -0.05) is 19.1 Å². The lowest BCUT2D eigenvalue weighted by molar-refractivity contribution is -0.141. The first-order chi connectivity index (χ1) is 7.99. The summed E-state index contributed by atoms with van der Waals surface area (Å²) in [5.41, 5.74) is 0.940. The molecule has 0 aromatic heterocycles. The number of ketones is 1. The molecule has 4 heteroatoms. The van der Waals surface area contributed by atoms with Crippen LogP contribution in [0.5, 0.6) is 5.75 Å². The van der Waals surface area contributed by atoms with Crippen LogP contribution < -0.4 is 4.74 Å². The predicted octanol–water partition coefficient (Wildman–Crippen LogP) is 1.92. The first kappa shape index (κ1) is 13.2. The molecule has 0 aliphatic carbocycles. The molecule has 4 nitrogen and oxygen atoms in total. The maximum atomic E-state index is 10.7. The number of carboxylic acids is 1. The summed E-state index contributed by atoms with van der Waals surface area (Å²) in [5, 5.41) is 8.78. The number of rotatable bonds is 6. The predicted molar refractivity (Wildman–Crippen MR) is 63.1 cm³/mol. The topological polar surface area (TPSA) is 63.6 Å². The van der Waals surface area contributed by atoms with Crippen molar-refractivity contribution in [1.29, 1.82) is 0 Å². The molecule has 0 unspecified atom stereocenters. The third-order valence-electron chi connectivity index (χ3n) is 2.33. The minimum Gasteiger partial charge on any atom is -0.486 e. The quantitative estimate of drug-likeness (QED) is 0.819. The molecule has 0 aliphatic rings. The van der Waals surface area contributed by atoms with Crippen LogP contribution in [0.2, 0.25) is 0 Å². The van der Waals surface area contributed by atoms with Gasteiger partial charge in [0.15, 0.2) is 5.78 Å². The minimum absolute atomic E-state index is 0.0337. The summed E-state index contributed by atoms with van der Waals surface area (Å²) in [6.07, 6.45) is 0.488. The van der Waals surface area contributed by atoms with E-state index >= 15 is 0 Å². The molecular formula is C13H16O4. The molecule has 0 amide bonds. The molecule has 0 heterocycles. The molecule has 0 saturated heterocycles. The standard InChI is InChI=1S/C13H16O4/c1-9(13(15)16)7-11-3-5-12(6-4-11)17-8-10(2)14/h3-6,9H,7-8H2,1-2H3,(H,15,16)/t9-/m0/s1. The van der Waals surface area contributed by atoms with E-state index in [2.05, 4.69) is 0 Å². The van der Waals surface area contributed by atoms with E-state index in [1.165, 1.54) is 6.92 Å². The zero-order valence-corrected chi connectivity index (χ0v) is 9.97. The minimum atomic E-state index is -0.804. The van der Waals surface area contributed by atoms with Crippen LogP contribution in [0, 0.1) is 5.92 Å². The van der Waals surface area contributed by atoms with Gasteiger partial charge in [-0.05, 0) is 31.0 Å². The summed E-state index contributed by atoms with van der Waals surface area (Å²) in [4.78, 5) is 21.4. The third kappa shape index (κ3) is 4.68. The molecule has 0 fully saturated rings. The zero-order valence-electron chi connectivity index (χ0n) is 9.97. The molecule has 1 atom stereocenters. The molecular weight excluding hydrogens is 220 g/mol. The second kappa shape index (κ2) is 6.03. The smallest absolute Gasteiger partial charge is 0.306 e. The van der Waals surface area contributed by atoms with Crippen molar-refractivity contribution in [1.82, 2.24) is 0 Å². The highest BCUT2D eigenvalue weighted by atomic mass is 16.5. The second-order valence-electron chi connectivity index (χ2n) is 4.08. The number of hydrogen-bond acceptors (Lipinski definition) is 3. The molecule has 0 aliphatic heterocycles. The number of Topliss-reactive ketones (excluding diaryl/α,β-unsaturated/α-hetero) is 1. The Hall–Kier alpha value is -1.84. The van der Waals surface area contributed by atoms with Crippen LogP contribution >= 0.6 is 0 Å². The van der Waals surface area contributed by atoms with E-state index in [1.807, 2.05) is 12.1 Å². The molecule has 1 N–H and O–H groups in total. The summed E-state index contributed by atoms with van der Waals surface area (Å²) in [5.74, 6) is -0.624. The van der Waals surface area contributed by atoms with Gasteiger partial charge in [0.25, 0.3) is 0 Å². The molecule has 0 bridgehead atoms. The Balaban J connectivity index is 2.55. The number of hydrogen-bond donors (Lipinski definition) is 1. The van der Waals surface area contributed by atoms with Gasteiger partial charge in [0.05, 0.1) is 5.92 Å². The average Bonchev–Trinajstić information content (AvgIpc) is 2.28. The highest BCUT2D eigenvalue weighted by molar-refractivity contribution is 5.77. The van der Waals surface area contributed by atoms with E-state index in [-0.39, 0.29) is 12.4 Å². The SMILES string of the molecule is CC(=O)COc1ccc(C[C@H](C)C(=O)O)cc1. The Morgan fingerprint density at radius 2 is 1.88 bits per heavy atom. The van der Waals surface area contributed by atoms with Gasteiger partial charge in [0.1, 0.15) is 12.4 Å². The first-order valence-electron chi connectivity index (χ1n) is 5.43. The molecule has 0 saturated carbocycles. The lowest BCUT2D eigenvalue weighted by Gasteiger charge is -2.07. The molecule has 0 spiro atoms. The monoisotopic (exact) mass is 236 g/mol. The fourth-order valence-corrected chi connectivity index (χ4v) is 1.35.